The lowest BCUT2D eigenvalue weighted by Gasteiger charge is -2.27. The number of anilines is 1. The Labute approximate surface area is 212 Å². The zero-order valence-electron chi connectivity index (χ0n) is 19.8. The van der Waals surface area contributed by atoms with E-state index >= 15 is 0 Å². The number of nitrogens with zero attached hydrogens (tertiary/aromatic N) is 2. The number of carbonyl (C=O) groups is 4. The van der Waals surface area contributed by atoms with E-state index in [0.717, 1.165) is 0 Å². The largest absolute Gasteiger partial charge is 0.423 e. The third-order valence-corrected chi connectivity index (χ3v) is 5.39. The molecule has 0 aliphatic carbocycles. The van der Waals surface area contributed by atoms with Gasteiger partial charge in [0, 0.05) is 13.1 Å². The lowest BCUT2D eigenvalue weighted by Crippen LogP contribution is -2.41. The molecule has 1 saturated heterocycles. The van der Waals surface area contributed by atoms with E-state index in [1.54, 1.807) is 83.8 Å². The molecule has 0 radical (unpaired) electrons. The van der Waals surface area contributed by atoms with Crippen LogP contribution in [0.3, 0.4) is 0 Å². The van der Waals surface area contributed by atoms with E-state index in [1.165, 1.54) is 6.21 Å². The van der Waals surface area contributed by atoms with Gasteiger partial charge in [-0.25, -0.2) is 10.2 Å². The van der Waals surface area contributed by atoms with Crippen molar-refractivity contribution in [1.82, 2.24) is 10.3 Å². The Kier molecular flexibility index (Phi) is 8.35. The van der Waals surface area contributed by atoms with E-state index in [9.17, 15) is 19.2 Å². The maximum absolute atomic E-state index is 12.8. The van der Waals surface area contributed by atoms with Crippen molar-refractivity contribution in [3.8, 4) is 5.75 Å². The second kappa shape index (κ2) is 12.2. The van der Waals surface area contributed by atoms with Crippen molar-refractivity contribution in [2.24, 2.45) is 5.10 Å². The van der Waals surface area contributed by atoms with Crippen LogP contribution in [0, 0.1) is 0 Å². The Hall–Kier alpha value is -4.83. The maximum atomic E-state index is 12.8. The number of esters is 1. The highest BCUT2D eigenvalue weighted by Crippen LogP contribution is 2.18. The van der Waals surface area contributed by atoms with Gasteiger partial charge in [-0.2, -0.15) is 5.10 Å². The standard InChI is InChI=1S/C27H24N4O6/c32-24(29-23-9-5-4-8-22(23)26(34)31-14-16-36-17-15-31)25(33)30-28-18-19-10-12-21(13-11-19)37-27(35)20-6-2-1-3-7-20/h1-13,18H,14-17H2,(H,29,32)(H,30,33)/b28-18-. The first-order valence-electron chi connectivity index (χ1n) is 11.5. The fourth-order valence-electron chi connectivity index (χ4n) is 3.47. The predicted molar refractivity (Wildman–Crippen MR) is 135 cm³/mol. The van der Waals surface area contributed by atoms with Crippen molar-refractivity contribution in [3.63, 3.8) is 0 Å². The molecule has 37 heavy (non-hydrogen) atoms. The molecule has 0 spiro atoms. The molecule has 1 aliphatic heterocycles. The van der Waals surface area contributed by atoms with Crippen LogP contribution in [0.5, 0.6) is 5.75 Å². The molecule has 1 fully saturated rings. The molecule has 3 aromatic carbocycles. The summed E-state index contributed by atoms with van der Waals surface area (Å²) in [6, 6.07) is 21.5. The molecular weight excluding hydrogens is 476 g/mol. The fraction of sp³-hybridized carbons (Fsp3) is 0.148. The van der Waals surface area contributed by atoms with Gasteiger partial charge < -0.3 is 19.7 Å². The SMILES string of the molecule is O=C(N/N=C\c1ccc(OC(=O)c2ccccc2)cc1)C(=O)Nc1ccccc1C(=O)N1CCOCC1. The van der Waals surface area contributed by atoms with E-state index in [2.05, 4.69) is 15.8 Å². The minimum Gasteiger partial charge on any atom is -0.423 e. The monoisotopic (exact) mass is 500 g/mol. The number of hydrazone groups is 1. The second-order valence-electron chi connectivity index (χ2n) is 7.93. The smallest absolute Gasteiger partial charge is 0.343 e. The summed E-state index contributed by atoms with van der Waals surface area (Å²) < 4.78 is 10.6. The van der Waals surface area contributed by atoms with E-state index in [0.29, 0.717) is 43.2 Å². The van der Waals surface area contributed by atoms with Crippen LogP contribution in [0.15, 0.2) is 84.0 Å². The van der Waals surface area contributed by atoms with Crippen LogP contribution in [0.2, 0.25) is 0 Å². The Morgan fingerprint density at radius 2 is 1.51 bits per heavy atom. The molecule has 3 amide bonds. The van der Waals surface area contributed by atoms with Gasteiger partial charge in [0.05, 0.1) is 36.2 Å². The van der Waals surface area contributed by atoms with Gasteiger partial charge in [-0.15, -0.1) is 0 Å². The molecule has 0 saturated carbocycles. The van der Waals surface area contributed by atoms with Gasteiger partial charge in [0.1, 0.15) is 5.75 Å². The van der Waals surface area contributed by atoms with Crippen molar-refractivity contribution in [2.45, 2.75) is 0 Å². The number of benzene rings is 3. The van der Waals surface area contributed by atoms with Crippen LogP contribution in [-0.4, -0.2) is 61.1 Å². The molecule has 0 unspecified atom stereocenters. The minimum absolute atomic E-state index is 0.226. The molecule has 1 heterocycles. The van der Waals surface area contributed by atoms with Gasteiger partial charge in [0.2, 0.25) is 0 Å². The third kappa shape index (κ3) is 6.86. The van der Waals surface area contributed by atoms with E-state index in [-0.39, 0.29) is 17.2 Å². The summed E-state index contributed by atoms with van der Waals surface area (Å²) in [5.74, 6) is -2.36. The molecule has 2 N–H and O–H groups in total. The van der Waals surface area contributed by atoms with Gasteiger partial charge in [-0.3, -0.25) is 14.4 Å². The molecule has 10 nitrogen and oxygen atoms in total. The number of amides is 3. The van der Waals surface area contributed by atoms with Crippen molar-refractivity contribution >= 4 is 35.6 Å². The van der Waals surface area contributed by atoms with Crippen LogP contribution in [-0.2, 0) is 14.3 Å². The van der Waals surface area contributed by atoms with Gasteiger partial charge >= 0.3 is 17.8 Å². The molecule has 3 aromatic rings. The van der Waals surface area contributed by atoms with Crippen molar-refractivity contribution in [2.75, 3.05) is 31.6 Å². The topological polar surface area (TPSA) is 126 Å². The Morgan fingerprint density at radius 3 is 2.24 bits per heavy atom. The summed E-state index contributed by atoms with van der Waals surface area (Å²) in [7, 11) is 0. The average molecular weight is 501 g/mol. The minimum atomic E-state index is -1.00. The van der Waals surface area contributed by atoms with Crippen molar-refractivity contribution in [3.05, 3.63) is 95.6 Å². The first-order valence-corrected chi connectivity index (χ1v) is 11.5. The molecule has 0 atom stereocenters. The van der Waals surface area contributed by atoms with Crippen molar-refractivity contribution in [1.29, 1.82) is 0 Å². The Morgan fingerprint density at radius 1 is 0.838 bits per heavy atom. The summed E-state index contributed by atoms with van der Waals surface area (Å²) in [6.07, 6.45) is 1.34. The summed E-state index contributed by atoms with van der Waals surface area (Å²) in [6.45, 7) is 1.80. The average Bonchev–Trinajstić information content (AvgIpc) is 2.94. The van der Waals surface area contributed by atoms with Gasteiger partial charge in [-0.1, -0.05) is 30.3 Å². The Bertz CT molecular complexity index is 1300. The summed E-state index contributed by atoms with van der Waals surface area (Å²) in [5, 5.41) is 6.26. The molecule has 10 heteroatoms. The van der Waals surface area contributed by atoms with Crippen LogP contribution in [0.1, 0.15) is 26.3 Å². The molecular formula is C27H24N4O6. The number of hydrogen-bond acceptors (Lipinski definition) is 7. The summed E-state index contributed by atoms with van der Waals surface area (Å²) in [4.78, 5) is 51.2. The quantitative estimate of drug-likeness (QED) is 0.176. The molecule has 0 bridgehead atoms. The lowest BCUT2D eigenvalue weighted by atomic mass is 10.1. The van der Waals surface area contributed by atoms with Gasteiger partial charge in [-0.05, 0) is 54.1 Å². The molecule has 188 valence electrons. The number of hydrogen-bond donors (Lipinski definition) is 2. The first kappa shape index (κ1) is 25.3. The van der Waals surface area contributed by atoms with E-state index in [4.69, 9.17) is 9.47 Å². The van der Waals surface area contributed by atoms with Crippen LogP contribution >= 0.6 is 0 Å². The maximum Gasteiger partial charge on any atom is 0.343 e. The normalized spacial score (nSPS) is 13.1. The zero-order valence-corrected chi connectivity index (χ0v) is 19.8. The van der Waals surface area contributed by atoms with Crippen LogP contribution in [0.25, 0.3) is 0 Å². The number of morpholine rings is 1. The van der Waals surface area contributed by atoms with Crippen molar-refractivity contribution < 1.29 is 28.7 Å². The summed E-state index contributed by atoms with van der Waals surface area (Å²) >= 11 is 0. The van der Waals surface area contributed by atoms with Gasteiger partial charge in [0.15, 0.2) is 0 Å². The van der Waals surface area contributed by atoms with Crippen LogP contribution in [0.4, 0.5) is 5.69 Å². The highest BCUT2D eigenvalue weighted by atomic mass is 16.5. The number of nitrogens with one attached hydrogen (secondary N) is 2. The predicted octanol–water partition coefficient (Wildman–Crippen LogP) is 2.47. The number of carbonyl (C=O) groups excluding carboxylic acids is 4. The third-order valence-electron chi connectivity index (χ3n) is 5.39. The second-order valence-corrected chi connectivity index (χ2v) is 7.93. The Balaban J connectivity index is 1.30. The fourth-order valence-corrected chi connectivity index (χ4v) is 3.47. The summed E-state index contributed by atoms with van der Waals surface area (Å²) in [5.41, 5.74) is 3.69. The van der Waals surface area contributed by atoms with E-state index in [1.807, 2.05) is 0 Å². The number of rotatable bonds is 6. The zero-order chi connectivity index (χ0) is 26.0. The molecule has 1 aliphatic rings. The first-order chi connectivity index (χ1) is 18.0. The number of ether oxygens (including phenoxy) is 2. The highest BCUT2D eigenvalue weighted by molar-refractivity contribution is 6.40. The highest BCUT2D eigenvalue weighted by Gasteiger charge is 2.23. The van der Waals surface area contributed by atoms with Gasteiger partial charge in [0.25, 0.3) is 5.91 Å². The molecule has 0 aromatic heterocycles. The lowest BCUT2D eigenvalue weighted by molar-refractivity contribution is -0.136. The van der Waals surface area contributed by atoms with Crippen LogP contribution < -0.4 is 15.5 Å². The molecule has 4 rings (SSSR count). The van der Waals surface area contributed by atoms with E-state index < -0.39 is 17.8 Å². The number of para-hydroxylation sites is 1.